The highest BCUT2D eigenvalue weighted by atomic mass is 16.2. The molecule has 0 bridgehead atoms. The first-order valence-corrected chi connectivity index (χ1v) is 14.9. The average molecular weight is 566 g/mol. The van der Waals surface area contributed by atoms with Gasteiger partial charge < -0.3 is 16.0 Å². The quantitative estimate of drug-likeness (QED) is 0.177. The number of nitrogens with zero attached hydrogens (tertiary/aromatic N) is 4. The number of carbonyl (C=O) groups excluding carboxylic acids is 2. The molecule has 3 aromatic heterocycles. The zero-order valence-corrected chi connectivity index (χ0v) is 24.2. The van der Waals surface area contributed by atoms with E-state index in [-0.39, 0.29) is 5.91 Å². The van der Waals surface area contributed by atoms with E-state index in [0.29, 0.717) is 29.5 Å². The molecule has 0 radical (unpaired) electrons. The van der Waals surface area contributed by atoms with Gasteiger partial charge in [-0.15, -0.1) is 0 Å². The summed E-state index contributed by atoms with van der Waals surface area (Å²) in [7, 11) is 0. The lowest BCUT2D eigenvalue weighted by atomic mass is 10.0. The molecule has 42 heavy (non-hydrogen) atoms. The van der Waals surface area contributed by atoms with E-state index in [1.54, 1.807) is 24.5 Å². The van der Waals surface area contributed by atoms with Crippen molar-refractivity contribution in [2.45, 2.75) is 64.7 Å². The Morgan fingerprint density at radius 2 is 1.81 bits per heavy atom. The molecule has 0 spiro atoms. The van der Waals surface area contributed by atoms with Crippen LogP contribution in [-0.4, -0.2) is 50.0 Å². The van der Waals surface area contributed by atoms with Crippen LogP contribution in [0.4, 0.5) is 11.6 Å². The molecule has 1 saturated heterocycles. The van der Waals surface area contributed by atoms with Gasteiger partial charge in [-0.05, 0) is 75.3 Å². The fraction of sp³-hybridized carbons (Fsp3) is 0.364. The summed E-state index contributed by atoms with van der Waals surface area (Å²) in [6.45, 7) is 3.83. The van der Waals surface area contributed by atoms with Gasteiger partial charge in [-0.1, -0.05) is 37.1 Å². The molecule has 9 nitrogen and oxygen atoms in total. The number of aromatic nitrogens is 4. The van der Waals surface area contributed by atoms with Crippen LogP contribution >= 0.6 is 0 Å². The van der Waals surface area contributed by atoms with Gasteiger partial charge in [0.25, 0.3) is 5.91 Å². The standard InChI is InChI=1S/C33H39N7O2/c1-23-17-18-35-27(21-23)37-33(42)25-15-13-24(14-16-25)30-29-31(39-38-30)26(22-36-32(29)34)11-7-4-2-3-5-8-12-28(41)40-19-9-6-10-20-40/h7,11,13-18,21-22H,2-6,8-10,12,19-20H2,1H3,(H2,34,36)(H,38,39)(H,35,37,42)/b11-7+. The van der Waals surface area contributed by atoms with Gasteiger partial charge in [0.1, 0.15) is 17.2 Å². The average Bonchev–Trinajstić information content (AvgIpc) is 3.46. The number of rotatable bonds is 11. The van der Waals surface area contributed by atoms with Crippen LogP contribution in [0.2, 0.25) is 0 Å². The molecule has 4 N–H and O–H groups in total. The number of allylic oxidation sites excluding steroid dienone is 1. The number of unbranched alkanes of at least 4 members (excludes halogenated alkanes) is 4. The summed E-state index contributed by atoms with van der Waals surface area (Å²) in [5.41, 5.74) is 11.1. The molecule has 1 fully saturated rings. The van der Waals surface area contributed by atoms with Crippen molar-refractivity contribution in [3.05, 3.63) is 71.6 Å². The molecule has 1 aliphatic rings. The van der Waals surface area contributed by atoms with E-state index in [0.717, 1.165) is 91.3 Å². The second-order valence-corrected chi connectivity index (χ2v) is 11.0. The number of aryl methyl sites for hydroxylation is 1. The van der Waals surface area contributed by atoms with Gasteiger partial charge in [0.05, 0.1) is 11.1 Å². The second-order valence-electron chi connectivity index (χ2n) is 11.0. The molecular weight excluding hydrogens is 526 g/mol. The van der Waals surface area contributed by atoms with Crippen molar-refractivity contribution in [3.63, 3.8) is 0 Å². The number of anilines is 2. The van der Waals surface area contributed by atoms with E-state index in [9.17, 15) is 9.59 Å². The van der Waals surface area contributed by atoms with Gasteiger partial charge >= 0.3 is 0 Å². The molecule has 2 amide bonds. The number of likely N-dealkylation sites (tertiary alicyclic amines) is 1. The van der Waals surface area contributed by atoms with Crippen molar-refractivity contribution in [1.29, 1.82) is 0 Å². The van der Waals surface area contributed by atoms with E-state index in [1.165, 1.54) is 6.42 Å². The molecule has 4 aromatic rings. The van der Waals surface area contributed by atoms with Gasteiger partial charge in [-0.2, -0.15) is 5.10 Å². The predicted molar refractivity (Wildman–Crippen MR) is 168 cm³/mol. The number of hydrogen-bond donors (Lipinski definition) is 3. The first-order chi connectivity index (χ1) is 20.5. The maximum Gasteiger partial charge on any atom is 0.256 e. The highest BCUT2D eigenvalue weighted by Crippen LogP contribution is 2.32. The Balaban J connectivity index is 1.15. The molecule has 218 valence electrons. The third-order valence-electron chi connectivity index (χ3n) is 7.75. The zero-order valence-electron chi connectivity index (χ0n) is 24.2. The minimum absolute atomic E-state index is 0.228. The molecule has 9 heteroatoms. The highest BCUT2D eigenvalue weighted by Gasteiger charge is 2.16. The lowest BCUT2D eigenvalue weighted by molar-refractivity contribution is -0.132. The lowest BCUT2D eigenvalue weighted by Crippen LogP contribution is -2.35. The summed E-state index contributed by atoms with van der Waals surface area (Å²) in [6, 6.07) is 11.0. The first kappa shape index (κ1) is 29.0. The SMILES string of the molecule is Cc1ccnc(NC(=O)c2ccc(-c3[nH]nc4c(/C=C/CCCCCCC(=O)N5CCCCC5)cnc(N)c34)cc2)c1. The fourth-order valence-electron chi connectivity index (χ4n) is 5.38. The van der Waals surface area contributed by atoms with Gasteiger partial charge in [0, 0.05) is 48.6 Å². The number of nitrogens with one attached hydrogen (secondary N) is 2. The molecule has 4 heterocycles. The van der Waals surface area contributed by atoms with Crippen LogP contribution in [0.3, 0.4) is 0 Å². The van der Waals surface area contributed by atoms with Crippen molar-refractivity contribution >= 4 is 40.4 Å². The van der Waals surface area contributed by atoms with E-state index in [2.05, 4.69) is 31.6 Å². The fourth-order valence-corrected chi connectivity index (χ4v) is 5.38. The molecule has 0 atom stereocenters. The van der Waals surface area contributed by atoms with Crippen molar-refractivity contribution in [2.75, 3.05) is 24.1 Å². The normalized spacial score (nSPS) is 13.6. The molecule has 0 aliphatic carbocycles. The van der Waals surface area contributed by atoms with Crippen LogP contribution in [0.15, 0.2) is 54.9 Å². The van der Waals surface area contributed by atoms with E-state index in [1.807, 2.05) is 42.2 Å². The van der Waals surface area contributed by atoms with Crippen LogP contribution in [0, 0.1) is 6.92 Å². The van der Waals surface area contributed by atoms with E-state index >= 15 is 0 Å². The molecule has 1 aliphatic heterocycles. The maximum atomic E-state index is 12.7. The Bertz CT molecular complexity index is 1550. The van der Waals surface area contributed by atoms with Gasteiger partial charge in [0.15, 0.2) is 0 Å². The molecular formula is C33H39N7O2. The highest BCUT2D eigenvalue weighted by molar-refractivity contribution is 6.05. The largest absolute Gasteiger partial charge is 0.383 e. The van der Waals surface area contributed by atoms with Crippen LogP contribution in [0.1, 0.15) is 79.3 Å². The lowest BCUT2D eigenvalue weighted by Gasteiger charge is -2.26. The summed E-state index contributed by atoms with van der Waals surface area (Å²) >= 11 is 0. The number of aromatic amines is 1. The first-order valence-electron chi connectivity index (χ1n) is 14.9. The molecule has 0 saturated carbocycles. The third-order valence-corrected chi connectivity index (χ3v) is 7.75. The Kier molecular flexibility index (Phi) is 9.59. The van der Waals surface area contributed by atoms with Crippen LogP contribution in [0.25, 0.3) is 28.2 Å². The Morgan fingerprint density at radius 3 is 2.60 bits per heavy atom. The summed E-state index contributed by atoms with van der Waals surface area (Å²) in [5.74, 6) is 1.01. The minimum Gasteiger partial charge on any atom is -0.383 e. The number of hydrogen-bond acceptors (Lipinski definition) is 6. The topological polar surface area (TPSA) is 130 Å². The number of nitrogens with two attached hydrogens (primary N) is 1. The molecule has 5 rings (SSSR count). The van der Waals surface area contributed by atoms with Gasteiger partial charge in [0.2, 0.25) is 5.91 Å². The van der Waals surface area contributed by atoms with Crippen molar-refractivity contribution in [1.82, 2.24) is 25.1 Å². The summed E-state index contributed by atoms with van der Waals surface area (Å²) in [5, 5.41) is 11.3. The van der Waals surface area contributed by atoms with Crippen molar-refractivity contribution < 1.29 is 9.59 Å². The molecule has 1 aromatic carbocycles. The monoisotopic (exact) mass is 565 g/mol. The Hall–Kier alpha value is -4.53. The Labute approximate surface area is 246 Å². The predicted octanol–water partition coefficient (Wildman–Crippen LogP) is 6.53. The third kappa shape index (κ3) is 7.21. The number of H-pyrrole nitrogens is 1. The van der Waals surface area contributed by atoms with Crippen LogP contribution in [-0.2, 0) is 4.79 Å². The van der Waals surface area contributed by atoms with Crippen molar-refractivity contribution in [2.24, 2.45) is 0 Å². The number of nitrogen functional groups attached to an aromatic ring is 1. The van der Waals surface area contributed by atoms with Crippen LogP contribution in [0.5, 0.6) is 0 Å². The van der Waals surface area contributed by atoms with Crippen LogP contribution < -0.4 is 11.1 Å². The summed E-state index contributed by atoms with van der Waals surface area (Å²) < 4.78 is 0. The maximum absolute atomic E-state index is 12.7. The number of amides is 2. The van der Waals surface area contributed by atoms with Gasteiger partial charge in [-0.25, -0.2) is 9.97 Å². The zero-order chi connectivity index (χ0) is 29.3. The number of fused-ring (bicyclic) bond motifs is 1. The van der Waals surface area contributed by atoms with E-state index in [4.69, 9.17) is 5.73 Å². The van der Waals surface area contributed by atoms with Gasteiger partial charge in [-0.3, -0.25) is 14.7 Å². The van der Waals surface area contributed by atoms with E-state index < -0.39 is 0 Å². The smallest absolute Gasteiger partial charge is 0.256 e. The number of benzene rings is 1. The number of pyridine rings is 2. The second kappa shape index (κ2) is 13.9. The minimum atomic E-state index is -0.228. The summed E-state index contributed by atoms with van der Waals surface area (Å²) in [6.07, 6.45) is 17.0. The Morgan fingerprint density at radius 1 is 1.02 bits per heavy atom. The molecule has 0 unspecified atom stereocenters. The number of carbonyl (C=O) groups is 2. The summed E-state index contributed by atoms with van der Waals surface area (Å²) in [4.78, 5) is 35.6. The van der Waals surface area contributed by atoms with Crippen molar-refractivity contribution in [3.8, 4) is 11.3 Å². The number of piperidine rings is 1.